The largest absolute Gasteiger partial charge is 0.504 e. The molecule has 3 N–H and O–H groups in total. The van der Waals surface area contributed by atoms with Crippen LogP contribution in [-0.2, 0) is 11.2 Å². The molecule has 2 aromatic heterocycles. The van der Waals surface area contributed by atoms with Crippen LogP contribution < -0.4 is 15.5 Å². The van der Waals surface area contributed by atoms with Crippen LogP contribution >= 0.6 is 0 Å². The summed E-state index contributed by atoms with van der Waals surface area (Å²) in [6.07, 6.45) is 1.01. The summed E-state index contributed by atoms with van der Waals surface area (Å²) in [6.45, 7) is 5.90. The van der Waals surface area contributed by atoms with Gasteiger partial charge in [0.25, 0.3) is 0 Å². The first-order valence-corrected chi connectivity index (χ1v) is 11.0. The van der Waals surface area contributed by atoms with E-state index >= 15 is 0 Å². The number of hydrogen-bond acceptors (Lipinski definition) is 9. The molecule has 0 spiro atoms. The number of hydrogen-bond donors (Lipinski definition) is 3. The molecule has 1 atom stereocenters. The van der Waals surface area contributed by atoms with Crippen LogP contribution in [0.25, 0.3) is 0 Å². The molecule has 1 amide bonds. The molecular weight excluding hydrogens is 442 g/mol. The summed E-state index contributed by atoms with van der Waals surface area (Å²) in [6, 6.07) is 5.71. The highest BCUT2D eigenvalue weighted by Gasteiger charge is 2.26. The first kappa shape index (κ1) is 24.8. The van der Waals surface area contributed by atoms with E-state index in [0.29, 0.717) is 42.4 Å². The predicted molar refractivity (Wildman–Crippen MR) is 122 cm³/mol. The predicted octanol–water partition coefficient (Wildman–Crippen LogP) is 3.15. The summed E-state index contributed by atoms with van der Waals surface area (Å²) in [4.78, 5) is 29.2. The minimum Gasteiger partial charge on any atom is -0.504 e. The van der Waals surface area contributed by atoms with Crippen LogP contribution in [0, 0.1) is 6.92 Å². The molecule has 0 unspecified atom stereocenters. The fourth-order valence-electron chi connectivity index (χ4n) is 3.46. The van der Waals surface area contributed by atoms with Gasteiger partial charge in [0.05, 0.1) is 13.0 Å². The monoisotopic (exact) mass is 471 g/mol. The molecule has 0 radical (unpaired) electrons. The Morgan fingerprint density at radius 1 is 1.24 bits per heavy atom. The zero-order valence-electron chi connectivity index (χ0n) is 19.6. The van der Waals surface area contributed by atoms with E-state index in [2.05, 4.69) is 15.5 Å². The van der Waals surface area contributed by atoms with Crippen molar-refractivity contribution in [1.82, 2.24) is 15.5 Å². The molecule has 0 aliphatic heterocycles. The van der Waals surface area contributed by atoms with Crippen molar-refractivity contribution in [1.29, 1.82) is 0 Å². The zero-order valence-corrected chi connectivity index (χ0v) is 19.6. The fraction of sp³-hybridized carbons (Fsp3) is 0.417. The van der Waals surface area contributed by atoms with Crippen molar-refractivity contribution in [3.8, 4) is 17.2 Å². The number of nitrogens with one attached hydrogen (secondary N) is 1. The Hall–Kier alpha value is -3.82. The van der Waals surface area contributed by atoms with Gasteiger partial charge < -0.3 is 29.2 Å². The van der Waals surface area contributed by atoms with Crippen molar-refractivity contribution in [2.24, 2.45) is 0 Å². The van der Waals surface area contributed by atoms with E-state index in [9.17, 15) is 19.8 Å². The first-order valence-electron chi connectivity index (χ1n) is 11.0. The second-order valence-corrected chi connectivity index (χ2v) is 8.28. The number of phenols is 1. The van der Waals surface area contributed by atoms with Crippen molar-refractivity contribution in [3.05, 3.63) is 63.3 Å². The standard InChI is InChI=1S/C24H29N3O7/c1-13(2)24-26-21(34-27-24)6-5-9-25-20(30)12-16(15-7-8-17(28)19(11-15)32-4)23-22(31)18(29)10-14(3)33-23/h7-8,10-11,13,16,28,31H,5-6,9,12H2,1-4H3,(H,25,30)/t16-/m0/s1. The van der Waals surface area contributed by atoms with E-state index in [4.69, 9.17) is 13.7 Å². The third-order valence-corrected chi connectivity index (χ3v) is 5.27. The molecule has 182 valence electrons. The van der Waals surface area contributed by atoms with Crippen LogP contribution in [0.1, 0.15) is 67.3 Å². The molecule has 1 aromatic carbocycles. The van der Waals surface area contributed by atoms with Crippen LogP contribution in [0.3, 0.4) is 0 Å². The normalized spacial score (nSPS) is 12.0. The molecule has 3 rings (SSSR count). The van der Waals surface area contributed by atoms with Crippen molar-refractivity contribution in [2.45, 2.75) is 51.9 Å². The lowest BCUT2D eigenvalue weighted by molar-refractivity contribution is -0.121. The highest BCUT2D eigenvalue weighted by molar-refractivity contribution is 5.77. The van der Waals surface area contributed by atoms with E-state index in [-0.39, 0.29) is 35.5 Å². The Balaban J connectivity index is 1.73. The minimum absolute atomic E-state index is 0.0278. The molecule has 0 saturated heterocycles. The molecule has 10 nitrogen and oxygen atoms in total. The average Bonchev–Trinajstić information content (AvgIpc) is 3.27. The van der Waals surface area contributed by atoms with Gasteiger partial charge in [-0.3, -0.25) is 9.59 Å². The number of ether oxygens (including phenoxy) is 1. The molecule has 0 aliphatic rings. The van der Waals surface area contributed by atoms with E-state index in [1.807, 2.05) is 13.8 Å². The van der Waals surface area contributed by atoms with Gasteiger partial charge in [0.1, 0.15) is 5.76 Å². The molecular formula is C24H29N3O7. The number of aryl methyl sites for hydroxylation is 2. The number of benzene rings is 1. The highest BCUT2D eigenvalue weighted by atomic mass is 16.5. The van der Waals surface area contributed by atoms with Gasteiger partial charge >= 0.3 is 0 Å². The Morgan fingerprint density at radius 3 is 2.68 bits per heavy atom. The smallest absolute Gasteiger partial charge is 0.227 e. The van der Waals surface area contributed by atoms with Crippen LogP contribution in [0.2, 0.25) is 0 Å². The van der Waals surface area contributed by atoms with Crippen LogP contribution in [0.5, 0.6) is 17.2 Å². The first-order chi connectivity index (χ1) is 16.2. The number of nitrogens with zero attached hydrogens (tertiary/aromatic N) is 2. The number of amides is 1. The molecule has 2 heterocycles. The SMILES string of the molecule is COc1cc([C@H](CC(=O)NCCCc2nc(C(C)C)no2)c2oc(C)cc(=O)c2O)ccc1O. The van der Waals surface area contributed by atoms with Gasteiger partial charge in [0, 0.05) is 31.4 Å². The lowest BCUT2D eigenvalue weighted by Crippen LogP contribution is -2.27. The quantitative estimate of drug-likeness (QED) is 0.379. The van der Waals surface area contributed by atoms with Crippen molar-refractivity contribution >= 4 is 5.91 Å². The summed E-state index contributed by atoms with van der Waals surface area (Å²) in [5.74, 6) is 0.0568. The Kier molecular flexibility index (Phi) is 7.93. The molecule has 0 bridgehead atoms. The van der Waals surface area contributed by atoms with Gasteiger partial charge in [-0.2, -0.15) is 4.98 Å². The Bertz CT molecular complexity index is 1200. The fourth-order valence-corrected chi connectivity index (χ4v) is 3.46. The maximum Gasteiger partial charge on any atom is 0.227 e. The number of carbonyl (C=O) groups excluding carboxylic acids is 1. The Labute approximate surface area is 196 Å². The number of rotatable bonds is 10. The topological polar surface area (TPSA) is 148 Å². The number of methoxy groups -OCH3 is 1. The second kappa shape index (κ2) is 10.9. The van der Waals surface area contributed by atoms with Gasteiger partial charge in [-0.05, 0) is 31.0 Å². The van der Waals surface area contributed by atoms with Gasteiger partial charge in [-0.25, -0.2) is 0 Å². The van der Waals surface area contributed by atoms with E-state index < -0.39 is 17.1 Å². The van der Waals surface area contributed by atoms with Crippen LogP contribution in [0.4, 0.5) is 0 Å². The second-order valence-electron chi connectivity index (χ2n) is 8.28. The molecule has 34 heavy (non-hydrogen) atoms. The molecule has 3 aromatic rings. The van der Waals surface area contributed by atoms with E-state index in [0.717, 1.165) is 0 Å². The maximum absolute atomic E-state index is 12.8. The number of phenolic OH excluding ortho intramolecular Hbond substituents is 1. The molecule has 0 aliphatic carbocycles. The van der Waals surface area contributed by atoms with Gasteiger partial charge in [0.15, 0.2) is 23.1 Å². The minimum atomic E-state index is -0.786. The van der Waals surface area contributed by atoms with Gasteiger partial charge in [-0.1, -0.05) is 25.1 Å². The molecule has 0 saturated carbocycles. The third kappa shape index (κ3) is 5.94. The molecule has 0 fully saturated rings. The average molecular weight is 472 g/mol. The number of aromatic hydroxyl groups is 2. The summed E-state index contributed by atoms with van der Waals surface area (Å²) in [5, 5.41) is 27.1. The zero-order chi connectivity index (χ0) is 24.8. The summed E-state index contributed by atoms with van der Waals surface area (Å²) in [7, 11) is 1.40. The van der Waals surface area contributed by atoms with Crippen LogP contribution in [-0.4, -0.2) is 39.9 Å². The Morgan fingerprint density at radius 2 is 2.00 bits per heavy atom. The lowest BCUT2D eigenvalue weighted by atomic mass is 9.91. The highest BCUT2D eigenvalue weighted by Crippen LogP contribution is 2.37. The summed E-state index contributed by atoms with van der Waals surface area (Å²) >= 11 is 0. The number of aromatic nitrogens is 2. The van der Waals surface area contributed by atoms with E-state index in [1.165, 1.54) is 25.3 Å². The summed E-state index contributed by atoms with van der Waals surface area (Å²) < 4.78 is 16.0. The van der Waals surface area contributed by atoms with Crippen molar-refractivity contribution in [2.75, 3.05) is 13.7 Å². The lowest BCUT2D eigenvalue weighted by Gasteiger charge is -2.19. The van der Waals surface area contributed by atoms with E-state index in [1.54, 1.807) is 13.0 Å². The van der Waals surface area contributed by atoms with Crippen molar-refractivity contribution < 1.29 is 28.7 Å². The summed E-state index contributed by atoms with van der Waals surface area (Å²) in [5.41, 5.74) is -0.0730. The maximum atomic E-state index is 12.8. The molecule has 10 heteroatoms. The van der Waals surface area contributed by atoms with Crippen molar-refractivity contribution in [3.63, 3.8) is 0 Å². The van der Waals surface area contributed by atoms with Gasteiger partial charge in [0.2, 0.25) is 23.0 Å². The third-order valence-electron chi connectivity index (χ3n) is 5.27. The van der Waals surface area contributed by atoms with Gasteiger partial charge in [-0.15, -0.1) is 0 Å². The van der Waals surface area contributed by atoms with Crippen LogP contribution in [0.15, 0.2) is 38.0 Å². The number of carbonyl (C=O) groups is 1.